The Morgan fingerprint density at radius 3 is 2.73 bits per heavy atom. The zero-order valence-corrected chi connectivity index (χ0v) is 16.1. The first-order valence-corrected chi connectivity index (χ1v) is 8.86. The molecule has 1 aromatic rings. The summed E-state index contributed by atoms with van der Waals surface area (Å²) in [4.78, 5) is 41.5. The lowest BCUT2D eigenvalue weighted by Crippen LogP contribution is -2.44. The fraction of sp³-hybridized carbons (Fsp3) is 0.500. The molecule has 0 saturated carbocycles. The summed E-state index contributed by atoms with van der Waals surface area (Å²) in [5.41, 5.74) is 1.48. The Labute approximate surface area is 158 Å². The maximum Gasteiger partial charge on any atom is 0.249 e. The molecular weight excluding hydrogens is 358 g/mol. The number of hydrogen-bond donors (Lipinski definition) is 0. The number of carbonyl (C=O) groups is 3. The molecule has 0 radical (unpaired) electrons. The highest BCUT2D eigenvalue weighted by atomic mass is 35.5. The van der Waals surface area contributed by atoms with Gasteiger partial charge in [-0.3, -0.25) is 19.3 Å². The maximum atomic E-state index is 12.6. The summed E-state index contributed by atoms with van der Waals surface area (Å²) in [5.74, 6) is -0.678. The molecule has 0 spiro atoms. The number of rotatable bonds is 7. The molecule has 0 unspecified atom stereocenters. The third kappa shape index (κ3) is 4.53. The standard InChI is InChI=1S/C18H24ClN3O4/c1-4-8-20(18(25)11-26-3)9-16(23)21-10-17(24)22(12-21)15-7-5-6-14(19)13(15)2/h5-7H,4,8-12H2,1-3H3. The van der Waals surface area contributed by atoms with Crippen molar-refractivity contribution in [2.24, 2.45) is 0 Å². The Hall–Kier alpha value is -2.12. The van der Waals surface area contributed by atoms with Gasteiger partial charge in [0.1, 0.15) is 19.8 Å². The lowest BCUT2D eigenvalue weighted by molar-refractivity contribution is -0.142. The van der Waals surface area contributed by atoms with Crippen molar-refractivity contribution in [3.05, 3.63) is 28.8 Å². The highest BCUT2D eigenvalue weighted by molar-refractivity contribution is 6.31. The number of nitrogens with zero attached hydrogens (tertiary/aromatic N) is 3. The normalized spacial score (nSPS) is 14.1. The van der Waals surface area contributed by atoms with Crippen LogP contribution in [0.5, 0.6) is 0 Å². The van der Waals surface area contributed by atoms with Crippen LogP contribution in [0.15, 0.2) is 18.2 Å². The maximum absolute atomic E-state index is 12.6. The molecule has 142 valence electrons. The van der Waals surface area contributed by atoms with E-state index in [9.17, 15) is 14.4 Å². The van der Waals surface area contributed by atoms with Crippen LogP contribution in [0.2, 0.25) is 5.02 Å². The smallest absolute Gasteiger partial charge is 0.249 e. The molecule has 3 amide bonds. The molecule has 0 aromatic heterocycles. The van der Waals surface area contributed by atoms with E-state index >= 15 is 0 Å². The number of ether oxygens (including phenoxy) is 1. The van der Waals surface area contributed by atoms with Crippen LogP contribution in [0.4, 0.5) is 5.69 Å². The molecular formula is C18H24ClN3O4. The third-order valence-electron chi connectivity index (χ3n) is 4.26. The van der Waals surface area contributed by atoms with E-state index in [2.05, 4.69) is 0 Å². The Balaban J connectivity index is 2.08. The van der Waals surface area contributed by atoms with Crippen molar-refractivity contribution >= 4 is 35.0 Å². The van der Waals surface area contributed by atoms with Crippen LogP contribution in [0.3, 0.4) is 0 Å². The molecule has 1 heterocycles. The van der Waals surface area contributed by atoms with Crippen LogP contribution >= 0.6 is 11.6 Å². The SMILES string of the molecule is CCCN(CC(=O)N1CC(=O)N(c2cccc(Cl)c2C)C1)C(=O)COC. The molecule has 1 aromatic carbocycles. The van der Waals surface area contributed by atoms with Crippen LogP contribution in [0.25, 0.3) is 0 Å². The molecule has 7 nitrogen and oxygen atoms in total. The number of methoxy groups -OCH3 is 1. The number of amides is 3. The molecule has 0 N–H and O–H groups in total. The first kappa shape index (κ1) is 20.2. The summed E-state index contributed by atoms with van der Waals surface area (Å²) in [6.07, 6.45) is 0.732. The first-order chi connectivity index (χ1) is 12.4. The second-order valence-electron chi connectivity index (χ2n) is 6.19. The molecule has 1 aliphatic rings. The van der Waals surface area contributed by atoms with Crippen molar-refractivity contribution in [3.63, 3.8) is 0 Å². The first-order valence-electron chi connectivity index (χ1n) is 8.49. The highest BCUT2D eigenvalue weighted by Gasteiger charge is 2.33. The summed E-state index contributed by atoms with van der Waals surface area (Å²) in [6, 6.07) is 5.33. The Morgan fingerprint density at radius 2 is 2.08 bits per heavy atom. The predicted octanol–water partition coefficient (Wildman–Crippen LogP) is 1.67. The minimum absolute atomic E-state index is 0.0107. The van der Waals surface area contributed by atoms with Gasteiger partial charge >= 0.3 is 0 Å². The Kier molecular flexibility index (Phi) is 6.99. The van der Waals surface area contributed by atoms with E-state index in [1.807, 2.05) is 13.8 Å². The van der Waals surface area contributed by atoms with E-state index in [4.69, 9.17) is 16.3 Å². The van der Waals surface area contributed by atoms with Gasteiger partial charge in [0.25, 0.3) is 0 Å². The quantitative estimate of drug-likeness (QED) is 0.720. The van der Waals surface area contributed by atoms with Gasteiger partial charge in [-0.25, -0.2) is 0 Å². The molecule has 0 bridgehead atoms. The van der Waals surface area contributed by atoms with Crippen molar-refractivity contribution in [1.82, 2.24) is 9.80 Å². The fourth-order valence-electron chi connectivity index (χ4n) is 2.85. The summed E-state index contributed by atoms with van der Waals surface area (Å²) in [6.45, 7) is 4.24. The molecule has 0 atom stereocenters. The zero-order valence-electron chi connectivity index (χ0n) is 15.3. The van der Waals surface area contributed by atoms with Gasteiger partial charge in [0.05, 0.1) is 6.54 Å². The monoisotopic (exact) mass is 381 g/mol. The van der Waals surface area contributed by atoms with E-state index in [1.165, 1.54) is 16.9 Å². The topological polar surface area (TPSA) is 70.2 Å². The van der Waals surface area contributed by atoms with Crippen LogP contribution < -0.4 is 4.90 Å². The summed E-state index contributed by atoms with van der Waals surface area (Å²) >= 11 is 6.13. The Bertz CT molecular complexity index is 695. The van der Waals surface area contributed by atoms with Crippen LogP contribution in [0.1, 0.15) is 18.9 Å². The number of halogens is 1. The molecule has 0 aliphatic carbocycles. The minimum Gasteiger partial charge on any atom is -0.375 e. The van der Waals surface area contributed by atoms with E-state index in [1.54, 1.807) is 23.1 Å². The third-order valence-corrected chi connectivity index (χ3v) is 4.67. The van der Waals surface area contributed by atoms with Gasteiger partial charge in [0, 0.05) is 24.4 Å². The van der Waals surface area contributed by atoms with Gasteiger partial charge in [0.2, 0.25) is 17.7 Å². The molecule has 1 saturated heterocycles. The fourth-order valence-corrected chi connectivity index (χ4v) is 3.02. The average molecular weight is 382 g/mol. The van der Waals surface area contributed by atoms with E-state index < -0.39 is 0 Å². The van der Waals surface area contributed by atoms with Gasteiger partial charge in [-0.15, -0.1) is 0 Å². The second-order valence-corrected chi connectivity index (χ2v) is 6.59. The summed E-state index contributed by atoms with van der Waals surface area (Å²) in [5, 5.41) is 0.569. The van der Waals surface area contributed by atoms with Crippen molar-refractivity contribution in [2.45, 2.75) is 20.3 Å². The molecule has 1 fully saturated rings. The van der Waals surface area contributed by atoms with Crippen molar-refractivity contribution in [1.29, 1.82) is 0 Å². The second kappa shape index (κ2) is 9.00. The van der Waals surface area contributed by atoms with Gasteiger partial charge in [-0.1, -0.05) is 24.6 Å². The van der Waals surface area contributed by atoms with Gasteiger partial charge in [-0.05, 0) is 31.0 Å². The molecule has 1 aliphatic heterocycles. The highest BCUT2D eigenvalue weighted by Crippen LogP contribution is 2.28. The average Bonchev–Trinajstić information content (AvgIpc) is 2.99. The number of carbonyl (C=O) groups excluding carboxylic acids is 3. The largest absolute Gasteiger partial charge is 0.375 e. The van der Waals surface area contributed by atoms with Gasteiger partial charge in [-0.2, -0.15) is 0 Å². The van der Waals surface area contributed by atoms with Crippen molar-refractivity contribution in [3.8, 4) is 0 Å². The lowest BCUT2D eigenvalue weighted by atomic mass is 10.2. The zero-order chi connectivity index (χ0) is 19.3. The molecule has 8 heteroatoms. The predicted molar refractivity (Wildman–Crippen MR) is 99.0 cm³/mol. The number of anilines is 1. The van der Waals surface area contributed by atoms with Gasteiger partial charge in [0.15, 0.2) is 0 Å². The van der Waals surface area contributed by atoms with Crippen molar-refractivity contribution in [2.75, 3.05) is 44.9 Å². The van der Waals surface area contributed by atoms with E-state index in [0.717, 1.165) is 12.0 Å². The minimum atomic E-state index is -0.265. The van der Waals surface area contributed by atoms with E-state index in [0.29, 0.717) is 17.3 Å². The Morgan fingerprint density at radius 1 is 1.35 bits per heavy atom. The number of benzene rings is 1. The lowest BCUT2D eigenvalue weighted by Gasteiger charge is -2.25. The number of hydrogen-bond acceptors (Lipinski definition) is 4. The molecule has 2 rings (SSSR count). The summed E-state index contributed by atoms with van der Waals surface area (Å²) in [7, 11) is 1.44. The van der Waals surface area contributed by atoms with Gasteiger partial charge < -0.3 is 14.5 Å². The van der Waals surface area contributed by atoms with Crippen LogP contribution in [-0.2, 0) is 19.1 Å². The molecule has 26 heavy (non-hydrogen) atoms. The summed E-state index contributed by atoms with van der Waals surface area (Å²) < 4.78 is 4.86. The van der Waals surface area contributed by atoms with Crippen LogP contribution in [-0.4, -0.2) is 67.5 Å². The van der Waals surface area contributed by atoms with Crippen molar-refractivity contribution < 1.29 is 19.1 Å². The van der Waals surface area contributed by atoms with Crippen LogP contribution in [0, 0.1) is 6.92 Å². The van der Waals surface area contributed by atoms with E-state index in [-0.39, 0.29) is 44.1 Å².